The second kappa shape index (κ2) is 2.86. The lowest BCUT2D eigenvalue weighted by molar-refractivity contribution is -0.0931. The summed E-state index contributed by atoms with van der Waals surface area (Å²) in [6.45, 7) is 0. The molecule has 0 aliphatic heterocycles. The summed E-state index contributed by atoms with van der Waals surface area (Å²) in [4.78, 5) is 0. The molecule has 2 aliphatic carbocycles. The van der Waals surface area contributed by atoms with Gasteiger partial charge in [-0.3, -0.25) is 0 Å². The first-order valence-corrected chi connectivity index (χ1v) is 4.77. The van der Waals surface area contributed by atoms with Crippen molar-refractivity contribution in [2.75, 3.05) is 0 Å². The Morgan fingerprint density at radius 1 is 1.00 bits per heavy atom. The van der Waals surface area contributed by atoms with Crippen molar-refractivity contribution in [1.82, 2.24) is 0 Å². The Kier molecular flexibility index (Phi) is 1.97. The van der Waals surface area contributed by atoms with Crippen LogP contribution in [0.1, 0.15) is 32.1 Å². The van der Waals surface area contributed by atoms with Crippen molar-refractivity contribution in [3.63, 3.8) is 0 Å². The van der Waals surface area contributed by atoms with E-state index in [0.29, 0.717) is 0 Å². The molecule has 1 fully saturated rings. The van der Waals surface area contributed by atoms with E-state index in [0.717, 1.165) is 32.1 Å². The van der Waals surface area contributed by atoms with Crippen LogP contribution < -0.4 is 0 Å². The van der Waals surface area contributed by atoms with Crippen LogP contribution in [0.4, 0.5) is 0 Å². The van der Waals surface area contributed by atoms with Gasteiger partial charge in [-0.25, -0.2) is 0 Å². The standard InChI is InChI=1S/C10H16O2/c11-8-4-3-5-9(12)10(8)6-1-2-7-10/h1-2,8-9,11-12H,3-7H2/t8-,9-/m1/s1. The van der Waals surface area contributed by atoms with E-state index in [2.05, 4.69) is 12.2 Å². The summed E-state index contributed by atoms with van der Waals surface area (Å²) >= 11 is 0. The molecule has 1 saturated carbocycles. The quantitative estimate of drug-likeness (QED) is 0.534. The zero-order chi connectivity index (χ0) is 8.60. The maximum Gasteiger partial charge on any atom is 0.0627 e. The molecule has 2 N–H and O–H groups in total. The number of aliphatic hydroxyl groups is 2. The van der Waals surface area contributed by atoms with Crippen molar-refractivity contribution < 1.29 is 10.2 Å². The Hall–Kier alpha value is -0.340. The van der Waals surface area contributed by atoms with Crippen molar-refractivity contribution in [1.29, 1.82) is 0 Å². The van der Waals surface area contributed by atoms with Gasteiger partial charge in [-0.15, -0.1) is 0 Å². The molecule has 0 amide bonds. The lowest BCUT2D eigenvalue weighted by Gasteiger charge is -2.42. The fourth-order valence-electron chi connectivity index (χ4n) is 2.53. The SMILES string of the molecule is O[C@@H]1CCC[C@@H](O)C12CC=CC2. The van der Waals surface area contributed by atoms with Gasteiger partial charge < -0.3 is 10.2 Å². The van der Waals surface area contributed by atoms with Gasteiger partial charge in [0.05, 0.1) is 12.2 Å². The van der Waals surface area contributed by atoms with Crippen LogP contribution >= 0.6 is 0 Å². The smallest absolute Gasteiger partial charge is 0.0627 e. The number of aliphatic hydroxyl groups excluding tert-OH is 2. The predicted molar refractivity (Wildman–Crippen MR) is 46.7 cm³/mol. The first-order chi connectivity index (χ1) is 5.76. The Labute approximate surface area is 72.9 Å². The van der Waals surface area contributed by atoms with Crippen molar-refractivity contribution >= 4 is 0 Å². The second-order valence-electron chi connectivity index (χ2n) is 4.08. The molecular formula is C10H16O2. The first-order valence-electron chi connectivity index (χ1n) is 4.77. The minimum absolute atomic E-state index is 0.210. The van der Waals surface area contributed by atoms with Crippen LogP contribution in [-0.2, 0) is 0 Å². The highest BCUT2D eigenvalue weighted by atomic mass is 16.3. The van der Waals surface area contributed by atoms with E-state index < -0.39 is 0 Å². The molecule has 1 spiro atoms. The molecule has 0 aromatic rings. The summed E-state index contributed by atoms with van der Waals surface area (Å²) < 4.78 is 0. The Bertz CT molecular complexity index is 178. The number of allylic oxidation sites excluding steroid dienone is 2. The molecule has 0 bridgehead atoms. The van der Waals surface area contributed by atoms with Gasteiger partial charge in [-0.1, -0.05) is 12.2 Å². The summed E-state index contributed by atoms with van der Waals surface area (Å²) in [5.41, 5.74) is -0.210. The third-order valence-corrected chi connectivity index (χ3v) is 3.44. The van der Waals surface area contributed by atoms with E-state index in [1.54, 1.807) is 0 Å². The summed E-state index contributed by atoms with van der Waals surface area (Å²) in [7, 11) is 0. The molecule has 2 rings (SSSR count). The van der Waals surface area contributed by atoms with Gasteiger partial charge in [-0.2, -0.15) is 0 Å². The zero-order valence-electron chi connectivity index (χ0n) is 7.24. The molecule has 2 heteroatoms. The molecule has 68 valence electrons. The topological polar surface area (TPSA) is 40.5 Å². The van der Waals surface area contributed by atoms with Gasteiger partial charge in [0.15, 0.2) is 0 Å². The largest absolute Gasteiger partial charge is 0.392 e. The van der Waals surface area contributed by atoms with Crippen LogP contribution in [0.25, 0.3) is 0 Å². The van der Waals surface area contributed by atoms with Crippen LogP contribution in [0.15, 0.2) is 12.2 Å². The molecule has 0 aromatic carbocycles. The second-order valence-corrected chi connectivity index (χ2v) is 4.08. The highest BCUT2D eigenvalue weighted by Gasteiger charge is 2.46. The number of hydrogen-bond acceptors (Lipinski definition) is 2. The van der Waals surface area contributed by atoms with E-state index in [-0.39, 0.29) is 17.6 Å². The minimum atomic E-state index is -0.295. The van der Waals surface area contributed by atoms with Gasteiger partial charge in [0.25, 0.3) is 0 Å². The number of rotatable bonds is 0. The van der Waals surface area contributed by atoms with E-state index in [4.69, 9.17) is 0 Å². The van der Waals surface area contributed by atoms with Crippen LogP contribution in [0, 0.1) is 5.41 Å². The molecule has 0 heterocycles. The maximum absolute atomic E-state index is 9.83. The van der Waals surface area contributed by atoms with E-state index in [1.165, 1.54) is 0 Å². The lowest BCUT2D eigenvalue weighted by Crippen LogP contribution is -2.46. The van der Waals surface area contributed by atoms with Crippen molar-refractivity contribution in [3.05, 3.63) is 12.2 Å². The van der Waals surface area contributed by atoms with Gasteiger partial charge in [0.1, 0.15) is 0 Å². The average Bonchev–Trinajstić information content (AvgIpc) is 2.50. The molecule has 12 heavy (non-hydrogen) atoms. The van der Waals surface area contributed by atoms with Crippen LogP contribution in [0.2, 0.25) is 0 Å². The van der Waals surface area contributed by atoms with Crippen LogP contribution in [-0.4, -0.2) is 22.4 Å². The van der Waals surface area contributed by atoms with Gasteiger partial charge in [0.2, 0.25) is 0 Å². The van der Waals surface area contributed by atoms with E-state index >= 15 is 0 Å². The van der Waals surface area contributed by atoms with Gasteiger partial charge >= 0.3 is 0 Å². The normalized spacial score (nSPS) is 39.2. The maximum atomic E-state index is 9.83. The summed E-state index contributed by atoms with van der Waals surface area (Å²) in [6.07, 6.45) is 7.97. The highest BCUT2D eigenvalue weighted by Crippen LogP contribution is 2.46. The molecule has 2 nitrogen and oxygen atoms in total. The third-order valence-electron chi connectivity index (χ3n) is 3.44. The highest BCUT2D eigenvalue weighted by molar-refractivity contribution is 5.10. The summed E-state index contributed by atoms with van der Waals surface area (Å²) in [6, 6.07) is 0. The van der Waals surface area contributed by atoms with Crippen LogP contribution in [0.5, 0.6) is 0 Å². The van der Waals surface area contributed by atoms with Crippen molar-refractivity contribution in [2.24, 2.45) is 5.41 Å². The first kappa shape index (κ1) is 8.27. The molecule has 0 aromatic heterocycles. The van der Waals surface area contributed by atoms with E-state index in [9.17, 15) is 10.2 Å². The fraction of sp³-hybridized carbons (Fsp3) is 0.800. The zero-order valence-corrected chi connectivity index (χ0v) is 7.24. The Morgan fingerprint density at radius 2 is 1.50 bits per heavy atom. The number of hydrogen-bond donors (Lipinski definition) is 2. The molecule has 2 aliphatic rings. The Morgan fingerprint density at radius 3 is 2.00 bits per heavy atom. The van der Waals surface area contributed by atoms with Crippen molar-refractivity contribution in [2.45, 2.75) is 44.3 Å². The molecule has 0 saturated heterocycles. The summed E-state index contributed by atoms with van der Waals surface area (Å²) in [5, 5.41) is 19.7. The minimum Gasteiger partial charge on any atom is -0.392 e. The molecule has 0 radical (unpaired) electrons. The molecule has 2 atom stereocenters. The monoisotopic (exact) mass is 168 g/mol. The van der Waals surface area contributed by atoms with E-state index in [1.807, 2.05) is 0 Å². The molecule has 0 unspecified atom stereocenters. The van der Waals surface area contributed by atoms with Crippen molar-refractivity contribution in [3.8, 4) is 0 Å². The Balaban J connectivity index is 2.18. The fourth-order valence-corrected chi connectivity index (χ4v) is 2.53. The lowest BCUT2D eigenvalue weighted by atomic mass is 9.68. The molecular weight excluding hydrogens is 152 g/mol. The average molecular weight is 168 g/mol. The van der Waals surface area contributed by atoms with Gasteiger partial charge in [0, 0.05) is 5.41 Å². The van der Waals surface area contributed by atoms with Crippen LogP contribution in [0.3, 0.4) is 0 Å². The summed E-state index contributed by atoms with van der Waals surface area (Å²) in [5.74, 6) is 0. The van der Waals surface area contributed by atoms with Gasteiger partial charge in [-0.05, 0) is 32.1 Å². The third kappa shape index (κ3) is 1.02. The predicted octanol–water partition coefficient (Wildman–Crippen LogP) is 1.23.